The van der Waals surface area contributed by atoms with Gasteiger partial charge in [0.05, 0.1) is 0 Å². The van der Waals surface area contributed by atoms with E-state index in [9.17, 15) is 0 Å². The molecule has 1 heterocycles. The van der Waals surface area contributed by atoms with Crippen molar-refractivity contribution in [1.82, 2.24) is 4.90 Å². The van der Waals surface area contributed by atoms with Crippen LogP contribution in [0.3, 0.4) is 0 Å². The van der Waals surface area contributed by atoms with Crippen molar-refractivity contribution in [2.45, 2.75) is 46.5 Å². The Labute approximate surface area is 94.7 Å². The second-order valence-electron chi connectivity index (χ2n) is 5.16. The largest absolute Gasteiger partial charge is 0.396 e. The van der Waals surface area contributed by atoms with Gasteiger partial charge < -0.3 is 10.0 Å². The summed E-state index contributed by atoms with van der Waals surface area (Å²) in [6.07, 6.45) is 4.80. The summed E-state index contributed by atoms with van der Waals surface area (Å²) >= 11 is 0. The molecule has 1 fully saturated rings. The van der Waals surface area contributed by atoms with Crippen LogP contribution in [0, 0.1) is 11.3 Å². The number of aliphatic hydroxyl groups excluding tert-OH is 1. The maximum atomic E-state index is 8.95. The van der Waals surface area contributed by atoms with Crippen molar-refractivity contribution >= 4 is 0 Å². The smallest absolute Gasteiger partial charge is 0.0434 e. The highest BCUT2D eigenvalue weighted by Gasteiger charge is 2.39. The van der Waals surface area contributed by atoms with Gasteiger partial charge in [0.25, 0.3) is 0 Å². The summed E-state index contributed by atoms with van der Waals surface area (Å²) in [7, 11) is 0. The molecule has 1 saturated heterocycles. The lowest BCUT2D eigenvalue weighted by Gasteiger charge is -2.51. The molecule has 1 atom stereocenters. The van der Waals surface area contributed by atoms with Crippen molar-refractivity contribution in [2.24, 2.45) is 11.3 Å². The van der Waals surface area contributed by atoms with Gasteiger partial charge in [-0.2, -0.15) is 0 Å². The molecule has 15 heavy (non-hydrogen) atoms. The van der Waals surface area contributed by atoms with Crippen LogP contribution in [0.25, 0.3) is 0 Å². The Morgan fingerprint density at radius 2 is 1.80 bits per heavy atom. The number of aliphatic hydroxyl groups is 1. The van der Waals surface area contributed by atoms with E-state index in [1.807, 2.05) is 0 Å². The zero-order chi connectivity index (χ0) is 11.3. The summed E-state index contributed by atoms with van der Waals surface area (Å²) in [4.78, 5) is 2.57. The molecule has 0 aromatic heterocycles. The Morgan fingerprint density at radius 3 is 2.20 bits per heavy atom. The fourth-order valence-electron chi connectivity index (χ4n) is 2.70. The van der Waals surface area contributed by atoms with Crippen molar-refractivity contribution in [3.63, 3.8) is 0 Å². The molecule has 1 rings (SSSR count). The maximum absolute atomic E-state index is 8.95. The van der Waals surface area contributed by atoms with Crippen LogP contribution in [0.4, 0.5) is 0 Å². The van der Waals surface area contributed by atoms with E-state index in [0.29, 0.717) is 17.9 Å². The lowest BCUT2D eigenvalue weighted by Crippen LogP contribution is -2.56. The Morgan fingerprint density at radius 1 is 1.20 bits per heavy atom. The van der Waals surface area contributed by atoms with Gasteiger partial charge in [-0.1, -0.05) is 27.2 Å². The fraction of sp³-hybridized carbons (Fsp3) is 1.00. The lowest BCUT2D eigenvalue weighted by atomic mass is 9.74. The van der Waals surface area contributed by atoms with Crippen molar-refractivity contribution in [3.8, 4) is 0 Å². The van der Waals surface area contributed by atoms with Gasteiger partial charge in [-0.25, -0.2) is 0 Å². The minimum atomic E-state index is 0.346. The van der Waals surface area contributed by atoms with Gasteiger partial charge in [0.2, 0.25) is 0 Å². The molecule has 1 aliphatic heterocycles. The predicted octanol–water partition coefficient (Wildman–Crippen LogP) is 2.52. The molecule has 1 aliphatic rings. The predicted molar refractivity (Wildman–Crippen MR) is 64.9 cm³/mol. The van der Waals surface area contributed by atoms with E-state index in [0.717, 1.165) is 6.42 Å². The zero-order valence-corrected chi connectivity index (χ0v) is 10.6. The van der Waals surface area contributed by atoms with Gasteiger partial charge in [-0.3, -0.25) is 0 Å². The summed E-state index contributed by atoms with van der Waals surface area (Å²) in [5.41, 5.74) is 0.623. The number of hydrogen-bond acceptors (Lipinski definition) is 2. The standard InChI is InChI=1S/C13H27NO/c1-4-12(7-8-15)9-14-10-13(5-2,6-3)11-14/h12,15H,4-11H2,1-3H3. The first-order valence-electron chi connectivity index (χ1n) is 6.53. The number of hydrogen-bond donors (Lipinski definition) is 1. The number of likely N-dealkylation sites (tertiary alicyclic amines) is 1. The monoisotopic (exact) mass is 213 g/mol. The van der Waals surface area contributed by atoms with Gasteiger partial charge in [0.15, 0.2) is 0 Å². The third-order valence-electron chi connectivity index (χ3n) is 4.25. The van der Waals surface area contributed by atoms with Crippen LogP contribution in [0.1, 0.15) is 46.5 Å². The molecule has 0 aromatic rings. The Balaban J connectivity index is 2.26. The first-order chi connectivity index (χ1) is 7.19. The third-order valence-corrected chi connectivity index (χ3v) is 4.25. The fourth-order valence-corrected chi connectivity index (χ4v) is 2.70. The maximum Gasteiger partial charge on any atom is 0.0434 e. The molecule has 1 unspecified atom stereocenters. The van der Waals surface area contributed by atoms with Crippen LogP contribution in [0.5, 0.6) is 0 Å². The normalized spacial score (nSPS) is 22.4. The zero-order valence-electron chi connectivity index (χ0n) is 10.6. The molecule has 0 aliphatic carbocycles. The van der Waals surface area contributed by atoms with E-state index < -0.39 is 0 Å². The van der Waals surface area contributed by atoms with Crippen molar-refractivity contribution < 1.29 is 5.11 Å². The summed E-state index contributed by atoms with van der Waals surface area (Å²) in [6.45, 7) is 11.0. The van der Waals surface area contributed by atoms with E-state index in [2.05, 4.69) is 25.7 Å². The third kappa shape index (κ3) is 3.18. The van der Waals surface area contributed by atoms with Crippen LogP contribution in [0.2, 0.25) is 0 Å². The number of rotatable bonds is 7. The molecule has 0 bridgehead atoms. The van der Waals surface area contributed by atoms with E-state index >= 15 is 0 Å². The van der Waals surface area contributed by atoms with Crippen LogP contribution in [0.15, 0.2) is 0 Å². The average molecular weight is 213 g/mol. The molecular weight excluding hydrogens is 186 g/mol. The molecule has 2 nitrogen and oxygen atoms in total. The van der Waals surface area contributed by atoms with Crippen LogP contribution < -0.4 is 0 Å². The Hall–Kier alpha value is -0.0800. The summed E-state index contributed by atoms with van der Waals surface area (Å²) in [5.74, 6) is 0.696. The van der Waals surface area contributed by atoms with Gasteiger partial charge >= 0.3 is 0 Å². The molecule has 0 radical (unpaired) electrons. The lowest BCUT2D eigenvalue weighted by molar-refractivity contribution is -0.0183. The van der Waals surface area contributed by atoms with E-state index in [1.54, 1.807) is 0 Å². The highest BCUT2D eigenvalue weighted by atomic mass is 16.3. The summed E-state index contributed by atoms with van der Waals surface area (Å²) in [5, 5.41) is 8.95. The topological polar surface area (TPSA) is 23.5 Å². The van der Waals surface area contributed by atoms with E-state index in [1.165, 1.54) is 38.9 Å². The van der Waals surface area contributed by atoms with Gasteiger partial charge in [0, 0.05) is 26.2 Å². The van der Waals surface area contributed by atoms with Crippen molar-refractivity contribution in [1.29, 1.82) is 0 Å². The van der Waals surface area contributed by atoms with Gasteiger partial charge in [-0.05, 0) is 30.6 Å². The summed E-state index contributed by atoms with van der Waals surface area (Å²) in [6, 6.07) is 0. The minimum Gasteiger partial charge on any atom is -0.396 e. The SMILES string of the molecule is CCC(CCO)CN1CC(CC)(CC)C1. The molecule has 0 amide bonds. The first kappa shape index (κ1) is 13.0. The van der Waals surface area contributed by atoms with Crippen LogP contribution in [-0.4, -0.2) is 36.2 Å². The van der Waals surface area contributed by atoms with Crippen molar-refractivity contribution in [3.05, 3.63) is 0 Å². The highest BCUT2D eigenvalue weighted by Crippen LogP contribution is 2.37. The second kappa shape index (κ2) is 5.86. The second-order valence-corrected chi connectivity index (χ2v) is 5.16. The molecule has 2 heteroatoms. The van der Waals surface area contributed by atoms with E-state index in [-0.39, 0.29) is 0 Å². The van der Waals surface area contributed by atoms with Gasteiger partial charge in [-0.15, -0.1) is 0 Å². The summed E-state index contributed by atoms with van der Waals surface area (Å²) < 4.78 is 0. The quantitative estimate of drug-likeness (QED) is 0.702. The Kier molecular flexibility index (Phi) is 5.07. The van der Waals surface area contributed by atoms with Crippen molar-refractivity contribution in [2.75, 3.05) is 26.2 Å². The Bertz CT molecular complexity index is 169. The highest BCUT2D eigenvalue weighted by molar-refractivity contribution is 4.93. The van der Waals surface area contributed by atoms with Crippen LogP contribution >= 0.6 is 0 Å². The van der Waals surface area contributed by atoms with Gasteiger partial charge in [0.1, 0.15) is 0 Å². The first-order valence-corrected chi connectivity index (χ1v) is 6.53. The average Bonchev–Trinajstić information content (AvgIpc) is 2.21. The minimum absolute atomic E-state index is 0.346. The molecule has 0 spiro atoms. The van der Waals surface area contributed by atoms with E-state index in [4.69, 9.17) is 5.11 Å². The molecule has 0 saturated carbocycles. The molecular formula is C13H27NO. The molecule has 0 aromatic carbocycles. The molecule has 1 N–H and O–H groups in total. The molecule has 90 valence electrons. The number of nitrogens with zero attached hydrogens (tertiary/aromatic N) is 1. The van der Waals surface area contributed by atoms with Crippen LogP contribution in [-0.2, 0) is 0 Å².